The van der Waals surface area contributed by atoms with Crippen LogP contribution in [0.15, 0.2) is 29.2 Å². The number of halogens is 2. The fourth-order valence-electron chi connectivity index (χ4n) is 3.78. The molecular formula is C20H19F2N3O5. The lowest BCUT2D eigenvalue weighted by atomic mass is 10.1. The predicted octanol–water partition coefficient (Wildman–Crippen LogP) is 1.35. The molecule has 2 N–H and O–H groups in total. The van der Waals surface area contributed by atoms with E-state index in [1.807, 2.05) is 6.92 Å². The Bertz CT molecular complexity index is 1100. The third kappa shape index (κ3) is 3.22. The number of benzene rings is 1. The minimum absolute atomic E-state index is 0.0304. The van der Waals surface area contributed by atoms with E-state index in [0.717, 1.165) is 6.07 Å². The largest absolute Gasteiger partial charge is 0.503 e. The van der Waals surface area contributed by atoms with Gasteiger partial charge in [-0.1, -0.05) is 13.0 Å². The zero-order valence-electron chi connectivity index (χ0n) is 16.0. The monoisotopic (exact) mass is 419 g/mol. The van der Waals surface area contributed by atoms with Crippen LogP contribution in [-0.4, -0.2) is 45.3 Å². The molecule has 3 heterocycles. The Morgan fingerprint density at radius 2 is 2.10 bits per heavy atom. The highest BCUT2D eigenvalue weighted by Gasteiger charge is 2.43. The average molecular weight is 419 g/mol. The normalized spacial score (nSPS) is 20.1. The zero-order chi connectivity index (χ0) is 21.6. The molecule has 0 spiro atoms. The second-order valence-electron chi connectivity index (χ2n) is 7.20. The second kappa shape index (κ2) is 7.52. The molecule has 0 bridgehead atoms. The van der Waals surface area contributed by atoms with Gasteiger partial charge in [-0.2, -0.15) is 0 Å². The zero-order valence-corrected chi connectivity index (χ0v) is 16.0. The van der Waals surface area contributed by atoms with E-state index in [2.05, 4.69) is 5.32 Å². The quantitative estimate of drug-likeness (QED) is 0.779. The number of carbonyl (C=O) groups is 2. The van der Waals surface area contributed by atoms with Crippen LogP contribution in [0.4, 0.5) is 8.78 Å². The molecule has 1 aromatic carbocycles. The van der Waals surface area contributed by atoms with Gasteiger partial charge in [0.2, 0.25) is 5.43 Å². The fraction of sp³-hybridized carbons (Fsp3) is 0.350. The number of pyridine rings is 1. The number of aromatic nitrogens is 1. The average Bonchev–Trinajstić information content (AvgIpc) is 3.13. The molecule has 1 saturated heterocycles. The van der Waals surface area contributed by atoms with E-state index in [1.54, 1.807) is 0 Å². The van der Waals surface area contributed by atoms with Gasteiger partial charge in [0.05, 0.1) is 19.2 Å². The molecule has 4 rings (SSSR count). The van der Waals surface area contributed by atoms with Gasteiger partial charge in [0, 0.05) is 24.4 Å². The van der Waals surface area contributed by atoms with Gasteiger partial charge in [0.25, 0.3) is 11.8 Å². The van der Waals surface area contributed by atoms with Crippen molar-refractivity contribution in [2.45, 2.75) is 38.7 Å². The first-order valence-corrected chi connectivity index (χ1v) is 9.44. The molecule has 2 amide bonds. The Morgan fingerprint density at radius 3 is 2.80 bits per heavy atom. The molecule has 1 fully saturated rings. The number of ether oxygens (including phenoxy) is 1. The number of aromatic hydroxyl groups is 1. The number of hydrogen-bond donors (Lipinski definition) is 2. The van der Waals surface area contributed by atoms with E-state index in [9.17, 15) is 28.3 Å². The summed E-state index contributed by atoms with van der Waals surface area (Å²) in [5.41, 5.74) is -1.56. The summed E-state index contributed by atoms with van der Waals surface area (Å²) >= 11 is 0. The maximum absolute atomic E-state index is 13.7. The first-order chi connectivity index (χ1) is 14.3. The molecule has 8 nitrogen and oxygen atoms in total. The SMILES string of the molecule is CCC1CO[C@@H]2Cn3cc(C(=O)NCc4ccc(F)cc4F)c(=O)c(O)c3C(=O)N12. The lowest BCUT2D eigenvalue weighted by Crippen LogP contribution is -2.49. The van der Waals surface area contributed by atoms with Crippen molar-refractivity contribution in [3.05, 3.63) is 63.1 Å². The summed E-state index contributed by atoms with van der Waals surface area (Å²) in [6.07, 6.45) is 1.29. The third-order valence-corrected chi connectivity index (χ3v) is 5.40. The predicted molar refractivity (Wildman–Crippen MR) is 99.9 cm³/mol. The summed E-state index contributed by atoms with van der Waals surface area (Å²) in [6.45, 7) is 2.12. The highest BCUT2D eigenvalue weighted by Crippen LogP contribution is 2.30. The van der Waals surface area contributed by atoms with Crippen LogP contribution >= 0.6 is 0 Å². The van der Waals surface area contributed by atoms with Crippen molar-refractivity contribution < 1.29 is 28.2 Å². The summed E-state index contributed by atoms with van der Waals surface area (Å²) in [4.78, 5) is 39.4. The standard InChI is InChI=1S/C20H19F2N3O5/c1-2-12-9-30-15-8-24-7-13(17(26)18(27)16(24)20(29)25(12)15)19(28)23-6-10-3-4-11(21)5-14(10)22/h3-5,7,12,15,27H,2,6,8-9H2,1H3,(H,23,28)/t12?,15-/m1/s1. The minimum Gasteiger partial charge on any atom is -0.503 e. The van der Waals surface area contributed by atoms with E-state index in [-0.39, 0.29) is 30.4 Å². The Balaban J connectivity index is 1.62. The van der Waals surface area contributed by atoms with Crippen LogP contribution in [0.3, 0.4) is 0 Å². The summed E-state index contributed by atoms with van der Waals surface area (Å²) < 4.78 is 33.7. The fourth-order valence-corrected chi connectivity index (χ4v) is 3.78. The van der Waals surface area contributed by atoms with Crippen LogP contribution in [0.2, 0.25) is 0 Å². The lowest BCUT2D eigenvalue weighted by Gasteiger charge is -2.34. The number of nitrogens with zero attached hydrogens (tertiary/aromatic N) is 2. The van der Waals surface area contributed by atoms with Crippen LogP contribution in [0.25, 0.3) is 0 Å². The van der Waals surface area contributed by atoms with Gasteiger partial charge in [0.1, 0.15) is 17.2 Å². The second-order valence-corrected chi connectivity index (χ2v) is 7.20. The molecule has 1 unspecified atom stereocenters. The van der Waals surface area contributed by atoms with Crippen molar-refractivity contribution in [1.82, 2.24) is 14.8 Å². The number of fused-ring (bicyclic) bond motifs is 2. The number of nitrogens with one attached hydrogen (secondary N) is 1. The topological polar surface area (TPSA) is 101 Å². The van der Waals surface area contributed by atoms with E-state index < -0.39 is 46.4 Å². The number of hydrogen-bond acceptors (Lipinski definition) is 5. The van der Waals surface area contributed by atoms with Gasteiger partial charge >= 0.3 is 0 Å². The van der Waals surface area contributed by atoms with Crippen LogP contribution in [0.1, 0.15) is 39.8 Å². The van der Waals surface area contributed by atoms with E-state index >= 15 is 0 Å². The van der Waals surface area contributed by atoms with Gasteiger partial charge in [-0.05, 0) is 12.5 Å². The van der Waals surface area contributed by atoms with Gasteiger partial charge < -0.3 is 24.6 Å². The first kappa shape index (κ1) is 20.0. The van der Waals surface area contributed by atoms with Gasteiger partial charge in [0.15, 0.2) is 17.7 Å². The highest BCUT2D eigenvalue weighted by atomic mass is 19.1. The number of rotatable bonds is 4. The van der Waals surface area contributed by atoms with E-state index in [1.165, 1.54) is 21.7 Å². The minimum atomic E-state index is -1.00. The van der Waals surface area contributed by atoms with Crippen LogP contribution in [-0.2, 0) is 17.8 Å². The summed E-state index contributed by atoms with van der Waals surface area (Å²) in [6, 6.07) is 2.76. The van der Waals surface area contributed by atoms with Crippen molar-refractivity contribution in [2.24, 2.45) is 0 Å². The molecule has 2 aromatic rings. The smallest absolute Gasteiger partial charge is 0.276 e. The Morgan fingerprint density at radius 1 is 1.33 bits per heavy atom. The lowest BCUT2D eigenvalue weighted by molar-refractivity contribution is 0.00563. The van der Waals surface area contributed by atoms with Crippen molar-refractivity contribution in [1.29, 1.82) is 0 Å². The van der Waals surface area contributed by atoms with Crippen molar-refractivity contribution >= 4 is 11.8 Å². The molecule has 2 aliphatic rings. The summed E-state index contributed by atoms with van der Waals surface area (Å²) in [5.74, 6) is -3.80. The molecule has 2 aliphatic heterocycles. The number of amides is 2. The summed E-state index contributed by atoms with van der Waals surface area (Å²) in [5, 5.41) is 12.8. The van der Waals surface area contributed by atoms with E-state index in [0.29, 0.717) is 19.1 Å². The van der Waals surface area contributed by atoms with Crippen molar-refractivity contribution in [3.8, 4) is 5.75 Å². The highest BCUT2D eigenvalue weighted by molar-refractivity contribution is 5.99. The molecule has 1 aromatic heterocycles. The number of carbonyl (C=O) groups excluding carboxylic acids is 2. The van der Waals surface area contributed by atoms with Crippen LogP contribution in [0.5, 0.6) is 5.75 Å². The molecular weight excluding hydrogens is 400 g/mol. The van der Waals surface area contributed by atoms with Crippen LogP contribution in [0, 0.1) is 11.6 Å². The van der Waals surface area contributed by atoms with Gasteiger partial charge in [-0.25, -0.2) is 8.78 Å². The Kier molecular flexibility index (Phi) is 5.02. The van der Waals surface area contributed by atoms with Crippen molar-refractivity contribution in [3.63, 3.8) is 0 Å². The van der Waals surface area contributed by atoms with Gasteiger partial charge in [-0.3, -0.25) is 14.4 Å². The summed E-state index contributed by atoms with van der Waals surface area (Å²) in [7, 11) is 0. The maximum Gasteiger partial charge on any atom is 0.276 e. The van der Waals surface area contributed by atoms with Gasteiger partial charge in [-0.15, -0.1) is 0 Å². The van der Waals surface area contributed by atoms with E-state index in [4.69, 9.17) is 4.74 Å². The third-order valence-electron chi connectivity index (χ3n) is 5.40. The molecule has 30 heavy (non-hydrogen) atoms. The Labute approximate surface area is 169 Å². The Hall–Kier alpha value is -3.27. The molecule has 0 aliphatic carbocycles. The van der Waals surface area contributed by atoms with Crippen molar-refractivity contribution in [2.75, 3.05) is 6.61 Å². The molecule has 10 heteroatoms. The first-order valence-electron chi connectivity index (χ1n) is 9.44. The molecule has 0 saturated carbocycles. The molecule has 0 radical (unpaired) electrons. The molecule has 2 atom stereocenters. The maximum atomic E-state index is 13.7. The molecule has 158 valence electrons. The van der Waals surface area contributed by atoms with Crippen LogP contribution < -0.4 is 10.7 Å².